The maximum atomic E-state index is 12.3. The number of carbonyl (C=O) groups is 1. The molecule has 1 aromatic heterocycles. The molecular formula is C19H15NO4. The van der Waals surface area contributed by atoms with Crippen LogP contribution in [0.3, 0.4) is 0 Å². The zero-order chi connectivity index (χ0) is 16.5. The summed E-state index contributed by atoms with van der Waals surface area (Å²) in [4.78, 5) is 24.3. The van der Waals surface area contributed by atoms with E-state index in [4.69, 9.17) is 9.15 Å². The average molecular weight is 321 g/mol. The number of para-hydroxylation sites is 1. The predicted molar refractivity (Wildman–Crippen MR) is 89.3 cm³/mol. The monoisotopic (exact) mass is 321 g/mol. The molecule has 0 spiro atoms. The van der Waals surface area contributed by atoms with Crippen molar-refractivity contribution in [1.82, 2.24) is 5.32 Å². The summed E-state index contributed by atoms with van der Waals surface area (Å²) in [6, 6.07) is 14.0. The molecule has 1 amide bonds. The Hall–Kier alpha value is -3.08. The van der Waals surface area contributed by atoms with Crippen LogP contribution in [0.4, 0.5) is 0 Å². The summed E-state index contributed by atoms with van der Waals surface area (Å²) in [5.74, 6) is 0.517. The molecule has 120 valence electrons. The van der Waals surface area contributed by atoms with E-state index in [0.717, 1.165) is 23.3 Å². The lowest BCUT2D eigenvalue weighted by atomic mass is 10.1. The van der Waals surface area contributed by atoms with Crippen molar-refractivity contribution in [3.05, 3.63) is 75.6 Å². The van der Waals surface area contributed by atoms with Crippen LogP contribution in [-0.2, 0) is 13.0 Å². The van der Waals surface area contributed by atoms with E-state index >= 15 is 0 Å². The molecule has 2 heterocycles. The third-order valence-corrected chi connectivity index (χ3v) is 4.07. The van der Waals surface area contributed by atoms with Gasteiger partial charge in [-0.2, -0.15) is 0 Å². The Morgan fingerprint density at radius 2 is 2.00 bits per heavy atom. The van der Waals surface area contributed by atoms with Gasteiger partial charge in [-0.3, -0.25) is 9.59 Å². The van der Waals surface area contributed by atoms with Gasteiger partial charge in [0.05, 0.1) is 12.0 Å². The first-order valence-electron chi connectivity index (χ1n) is 7.76. The molecule has 5 nitrogen and oxygen atoms in total. The molecule has 2 aromatic carbocycles. The highest BCUT2D eigenvalue weighted by Crippen LogP contribution is 2.25. The lowest BCUT2D eigenvalue weighted by Gasteiger charge is -2.07. The molecule has 0 radical (unpaired) electrons. The molecule has 24 heavy (non-hydrogen) atoms. The predicted octanol–water partition coefficient (Wildman–Crippen LogP) is 2.66. The van der Waals surface area contributed by atoms with E-state index in [0.29, 0.717) is 24.1 Å². The fraction of sp³-hybridized carbons (Fsp3) is 0.158. The maximum Gasteiger partial charge on any atom is 0.287 e. The number of carbonyl (C=O) groups excluding carboxylic acids is 1. The minimum Gasteiger partial charge on any atom is -0.493 e. The summed E-state index contributed by atoms with van der Waals surface area (Å²) in [5.41, 5.74) is 2.32. The molecule has 3 aromatic rings. The minimum absolute atomic E-state index is 0.0168. The molecule has 0 atom stereocenters. The van der Waals surface area contributed by atoms with Crippen LogP contribution in [-0.4, -0.2) is 12.5 Å². The number of benzene rings is 2. The molecule has 4 rings (SSSR count). The van der Waals surface area contributed by atoms with Gasteiger partial charge in [0.25, 0.3) is 5.91 Å². The smallest absolute Gasteiger partial charge is 0.287 e. The van der Waals surface area contributed by atoms with Crippen molar-refractivity contribution in [3.8, 4) is 5.75 Å². The lowest BCUT2D eigenvalue weighted by Crippen LogP contribution is -2.24. The van der Waals surface area contributed by atoms with Crippen LogP contribution in [0.1, 0.15) is 21.7 Å². The van der Waals surface area contributed by atoms with E-state index in [1.165, 1.54) is 6.07 Å². The van der Waals surface area contributed by atoms with Gasteiger partial charge in [0.1, 0.15) is 11.3 Å². The van der Waals surface area contributed by atoms with Gasteiger partial charge in [-0.1, -0.05) is 24.3 Å². The molecule has 5 heteroatoms. The second kappa shape index (κ2) is 5.85. The van der Waals surface area contributed by atoms with Crippen molar-refractivity contribution in [2.24, 2.45) is 0 Å². The maximum absolute atomic E-state index is 12.3. The largest absolute Gasteiger partial charge is 0.493 e. The van der Waals surface area contributed by atoms with Crippen molar-refractivity contribution >= 4 is 16.9 Å². The van der Waals surface area contributed by atoms with Crippen LogP contribution in [0.15, 0.2) is 57.7 Å². The molecule has 0 saturated heterocycles. The van der Waals surface area contributed by atoms with Gasteiger partial charge < -0.3 is 14.5 Å². The van der Waals surface area contributed by atoms with Crippen molar-refractivity contribution in [3.63, 3.8) is 0 Å². The summed E-state index contributed by atoms with van der Waals surface area (Å²) in [6.07, 6.45) is 0.886. The number of hydrogen-bond donors (Lipinski definition) is 1. The first-order valence-corrected chi connectivity index (χ1v) is 7.76. The third-order valence-electron chi connectivity index (χ3n) is 4.07. The summed E-state index contributed by atoms with van der Waals surface area (Å²) in [5, 5.41) is 3.25. The van der Waals surface area contributed by atoms with Crippen LogP contribution in [0.2, 0.25) is 0 Å². The minimum atomic E-state index is -0.408. The quantitative estimate of drug-likeness (QED) is 0.805. The van der Waals surface area contributed by atoms with Crippen molar-refractivity contribution < 1.29 is 13.9 Å². The van der Waals surface area contributed by atoms with Crippen LogP contribution in [0.5, 0.6) is 5.75 Å². The number of rotatable bonds is 3. The molecular weight excluding hydrogens is 306 g/mol. The van der Waals surface area contributed by atoms with Gasteiger partial charge in [-0.25, -0.2) is 0 Å². The van der Waals surface area contributed by atoms with E-state index in [9.17, 15) is 9.59 Å². The van der Waals surface area contributed by atoms with Gasteiger partial charge in [-0.15, -0.1) is 0 Å². The molecule has 0 unspecified atom stereocenters. The number of fused-ring (bicyclic) bond motifs is 2. The van der Waals surface area contributed by atoms with Crippen LogP contribution < -0.4 is 15.5 Å². The Labute approximate surface area is 137 Å². The highest BCUT2D eigenvalue weighted by Gasteiger charge is 2.14. The van der Waals surface area contributed by atoms with Crippen molar-refractivity contribution in [2.45, 2.75) is 13.0 Å². The molecule has 0 bridgehead atoms. The second-order valence-corrected chi connectivity index (χ2v) is 5.69. The fourth-order valence-electron chi connectivity index (χ4n) is 2.84. The Morgan fingerprint density at radius 1 is 1.12 bits per heavy atom. The van der Waals surface area contributed by atoms with Crippen LogP contribution in [0, 0.1) is 0 Å². The molecule has 1 N–H and O–H groups in total. The Morgan fingerprint density at radius 3 is 2.92 bits per heavy atom. The first kappa shape index (κ1) is 14.5. The molecule has 0 aliphatic carbocycles. The summed E-state index contributed by atoms with van der Waals surface area (Å²) in [6.45, 7) is 1.07. The van der Waals surface area contributed by atoms with E-state index < -0.39 is 5.91 Å². The van der Waals surface area contributed by atoms with Crippen molar-refractivity contribution in [1.29, 1.82) is 0 Å². The van der Waals surface area contributed by atoms with Gasteiger partial charge in [-0.05, 0) is 29.3 Å². The molecule has 0 saturated carbocycles. The normalized spacial score (nSPS) is 12.7. The molecule has 1 aliphatic rings. The lowest BCUT2D eigenvalue weighted by molar-refractivity contribution is 0.0923. The van der Waals surface area contributed by atoms with Crippen LogP contribution in [0.25, 0.3) is 11.0 Å². The van der Waals surface area contributed by atoms with E-state index in [-0.39, 0.29) is 11.2 Å². The van der Waals surface area contributed by atoms with Gasteiger partial charge in [0.2, 0.25) is 0 Å². The second-order valence-electron chi connectivity index (χ2n) is 5.69. The third kappa shape index (κ3) is 2.65. The average Bonchev–Trinajstić information content (AvgIpc) is 3.07. The highest BCUT2D eigenvalue weighted by molar-refractivity contribution is 5.93. The Bertz CT molecular complexity index is 990. The van der Waals surface area contributed by atoms with Gasteiger partial charge in [0, 0.05) is 19.0 Å². The Kier molecular flexibility index (Phi) is 3.54. The highest BCUT2D eigenvalue weighted by atomic mass is 16.5. The van der Waals surface area contributed by atoms with E-state index in [2.05, 4.69) is 5.32 Å². The topological polar surface area (TPSA) is 68.5 Å². The SMILES string of the molecule is O=C(NCc1ccc2c(c1)CCO2)c1cc(=O)c2ccccc2o1. The number of nitrogens with one attached hydrogen (secondary N) is 1. The number of hydrogen-bond acceptors (Lipinski definition) is 4. The molecule has 1 aliphatic heterocycles. The molecule has 0 fully saturated rings. The van der Waals surface area contributed by atoms with Gasteiger partial charge >= 0.3 is 0 Å². The fourth-order valence-corrected chi connectivity index (χ4v) is 2.84. The Balaban J connectivity index is 1.53. The standard InChI is InChI=1S/C19H15NO4/c21-15-10-18(24-17-4-2-1-3-14(15)17)19(22)20-11-12-5-6-16-13(9-12)7-8-23-16/h1-6,9-10H,7-8,11H2,(H,20,22). The number of ether oxygens (including phenoxy) is 1. The zero-order valence-corrected chi connectivity index (χ0v) is 12.9. The summed E-state index contributed by atoms with van der Waals surface area (Å²) >= 11 is 0. The zero-order valence-electron chi connectivity index (χ0n) is 12.9. The van der Waals surface area contributed by atoms with Crippen molar-refractivity contribution in [2.75, 3.05) is 6.61 Å². The summed E-state index contributed by atoms with van der Waals surface area (Å²) in [7, 11) is 0. The van der Waals surface area contributed by atoms with E-state index in [1.807, 2.05) is 18.2 Å². The van der Waals surface area contributed by atoms with E-state index in [1.54, 1.807) is 24.3 Å². The van der Waals surface area contributed by atoms with Crippen LogP contribution >= 0.6 is 0 Å². The number of amides is 1. The summed E-state index contributed by atoms with van der Waals surface area (Å²) < 4.78 is 11.0. The van der Waals surface area contributed by atoms with Gasteiger partial charge in [0.15, 0.2) is 11.2 Å². The first-order chi connectivity index (χ1) is 11.7.